The highest BCUT2D eigenvalue weighted by Crippen LogP contribution is 2.18. The van der Waals surface area contributed by atoms with Crippen molar-refractivity contribution in [3.8, 4) is 0 Å². The predicted octanol–water partition coefficient (Wildman–Crippen LogP) is 2.99. The molecule has 6 heteroatoms. The Balaban J connectivity index is 2.02. The number of aryl methyl sites for hydroxylation is 3. The average Bonchev–Trinajstić information content (AvgIpc) is 2.49. The average molecular weight is 331 g/mol. The van der Waals surface area contributed by atoms with Gasteiger partial charge in [0.15, 0.2) is 5.16 Å². The Morgan fingerprint density at radius 1 is 1.30 bits per heavy atom. The second kappa shape index (κ2) is 7.46. The highest BCUT2D eigenvalue weighted by atomic mass is 32.2. The molecule has 0 atom stereocenters. The molecule has 0 saturated heterocycles. The molecule has 0 unspecified atom stereocenters. The Hall–Kier alpha value is -2.08. The van der Waals surface area contributed by atoms with Crippen LogP contribution in [0.25, 0.3) is 0 Å². The number of carbonyl (C=O) groups excluding carboxylic acids is 1. The van der Waals surface area contributed by atoms with Gasteiger partial charge in [0.1, 0.15) is 0 Å². The van der Waals surface area contributed by atoms with E-state index in [4.69, 9.17) is 0 Å². The summed E-state index contributed by atoms with van der Waals surface area (Å²) >= 11 is 1.23. The predicted molar refractivity (Wildman–Crippen MR) is 94.2 cm³/mol. The molecule has 0 aliphatic heterocycles. The number of benzene rings is 1. The van der Waals surface area contributed by atoms with E-state index in [9.17, 15) is 9.59 Å². The van der Waals surface area contributed by atoms with Gasteiger partial charge in [0, 0.05) is 16.9 Å². The number of amides is 1. The van der Waals surface area contributed by atoms with Gasteiger partial charge in [-0.3, -0.25) is 9.59 Å². The zero-order chi connectivity index (χ0) is 17.0. The van der Waals surface area contributed by atoms with Gasteiger partial charge in [-0.05, 0) is 44.4 Å². The van der Waals surface area contributed by atoms with Gasteiger partial charge in [-0.15, -0.1) is 0 Å². The molecule has 1 amide bonds. The summed E-state index contributed by atoms with van der Waals surface area (Å²) in [7, 11) is 0. The lowest BCUT2D eigenvalue weighted by molar-refractivity contribution is -0.113. The van der Waals surface area contributed by atoms with Crippen molar-refractivity contribution < 1.29 is 4.79 Å². The third-order valence-electron chi connectivity index (χ3n) is 3.56. The minimum atomic E-state index is -0.127. The molecule has 1 heterocycles. The van der Waals surface area contributed by atoms with E-state index < -0.39 is 0 Å². The van der Waals surface area contributed by atoms with E-state index in [0.717, 1.165) is 16.8 Å². The molecule has 1 aromatic carbocycles. The van der Waals surface area contributed by atoms with Crippen molar-refractivity contribution in [2.75, 3.05) is 11.1 Å². The summed E-state index contributed by atoms with van der Waals surface area (Å²) in [6.07, 6.45) is 0.645. The largest absolute Gasteiger partial charge is 0.325 e. The molecule has 0 spiro atoms. The summed E-state index contributed by atoms with van der Waals surface area (Å²) in [5.74, 6) is 0.0740. The van der Waals surface area contributed by atoms with E-state index in [-0.39, 0.29) is 17.2 Å². The maximum Gasteiger partial charge on any atom is 0.254 e. The summed E-state index contributed by atoms with van der Waals surface area (Å²) in [6.45, 7) is 7.67. The highest BCUT2D eigenvalue weighted by Gasteiger charge is 2.10. The summed E-state index contributed by atoms with van der Waals surface area (Å²) < 4.78 is 0. The van der Waals surface area contributed by atoms with Crippen molar-refractivity contribution in [1.82, 2.24) is 9.97 Å². The molecule has 2 aromatic rings. The lowest BCUT2D eigenvalue weighted by atomic mass is 10.1. The van der Waals surface area contributed by atoms with Crippen LogP contribution in [0.5, 0.6) is 0 Å². The van der Waals surface area contributed by atoms with Crippen molar-refractivity contribution in [3.05, 3.63) is 50.9 Å². The third-order valence-corrected chi connectivity index (χ3v) is 4.43. The van der Waals surface area contributed by atoms with Crippen LogP contribution < -0.4 is 10.9 Å². The molecule has 2 N–H and O–H groups in total. The number of nitrogens with zero attached hydrogens (tertiary/aromatic N) is 1. The Kier molecular flexibility index (Phi) is 5.60. The summed E-state index contributed by atoms with van der Waals surface area (Å²) in [5, 5.41) is 3.37. The Bertz CT molecular complexity index is 784. The molecule has 2 rings (SSSR count). The first-order valence-electron chi connectivity index (χ1n) is 7.50. The van der Waals surface area contributed by atoms with Gasteiger partial charge in [-0.1, -0.05) is 30.8 Å². The molecule has 0 aliphatic carbocycles. The first kappa shape index (κ1) is 17.3. The monoisotopic (exact) mass is 331 g/mol. The van der Waals surface area contributed by atoms with Gasteiger partial charge in [0.2, 0.25) is 5.91 Å². The van der Waals surface area contributed by atoms with E-state index in [1.807, 2.05) is 45.9 Å². The molecule has 122 valence electrons. The minimum absolute atomic E-state index is 0.122. The van der Waals surface area contributed by atoms with Gasteiger partial charge in [-0.25, -0.2) is 4.98 Å². The van der Waals surface area contributed by atoms with Gasteiger partial charge in [0.25, 0.3) is 5.56 Å². The topological polar surface area (TPSA) is 74.8 Å². The number of aromatic nitrogens is 2. The molecule has 23 heavy (non-hydrogen) atoms. The Labute approximate surface area is 139 Å². The molecule has 1 aromatic heterocycles. The van der Waals surface area contributed by atoms with Crippen molar-refractivity contribution in [1.29, 1.82) is 0 Å². The maximum atomic E-state index is 12.1. The van der Waals surface area contributed by atoms with Gasteiger partial charge in [0.05, 0.1) is 5.75 Å². The fourth-order valence-corrected chi connectivity index (χ4v) is 2.97. The maximum absolute atomic E-state index is 12.1. The standard InChI is InChI=1S/C17H21N3O2S/c1-5-13-12(4)18-17(20-16(13)22)23-9-15(21)19-14-8-10(2)6-7-11(14)3/h6-8H,5,9H2,1-4H3,(H,19,21)(H,18,20,22). The number of H-pyrrole nitrogens is 1. The zero-order valence-electron chi connectivity index (χ0n) is 13.8. The third kappa shape index (κ3) is 4.45. The van der Waals surface area contributed by atoms with E-state index >= 15 is 0 Å². The van der Waals surface area contributed by atoms with Crippen LogP contribution in [0.3, 0.4) is 0 Å². The Morgan fingerprint density at radius 2 is 2.04 bits per heavy atom. The van der Waals surface area contributed by atoms with Crippen molar-refractivity contribution in [2.24, 2.45) is 0 Å². The summed E-state index contributed by atoms with van der Waals surface area (Å²) in [6, 6.07) is 5.93. The lowest BCUT2D eigenvalue weighted by Gasteiger charge is -2.09. The quantitative estimate of drug-likeness (QED) is 0.652. The van der Waals surface area contributed by atoms with Gasteiger partial charge < -0.3 is 10.3 Å². The smallest absolute Gasteiger partial charge is 0.254 e. The number of nitrogens with one attached hydrogen (secondary N) is 2. The number of anilines is 1. The highest BCUT2D eigenvalue weighted by molar-refractivity contribution is 7.99. The van der Waals surface area contributed by atoms with E-state index in [1.165, 1.54) is 11.8 Å². The molecule has 0 saturated carbocycles. The van der Waals surface area contributed by atoms with Gasteiger partial charge in [-0.2, -0.15) is 0 Å². The normalized spacial score (nSPS) is 10.6. The fraction of sp³-hybridized carbons (Fsp3) is 0.353. The van der Waals surface area contributed by atoms with Crippen molar-refractivity contribution >= 4 is 23.4 Å². The second-order valence-corrected chi connectivity index (χ2v) is 6.41. The van der Waals surface area contributed by atoms with Crippen LogP contribution in [-0.2, 0) is 11.2 Å². The van der Waals surface area contributed by atoms with Crippen LogP contribution >= 0.6 is 11.8 Å². The first-order chi connectivity index (χ1) is 10.9. The molecule has 5 nitrogen and oxygen atoms in total. The molecule has 0 fully saturated rings. The van der Waals surface area contributed by atoms with Gasteiger partial charge >= 0.3 is 0 Å². The molecule has 0 bridgehead atoms. The minimum Gasteiger partial charge on any atom is -0.325 e. The number of hydrogen-bond donors (Lipinski definition) is 2. The SMILES string of the molecule is CCc1c(C)nc(SCC(=O)Nc2cc(C)ccc2C)[nH]c1=O. The number of carbonyl (C=O) groups is 1. The number of aromatic amines is 1. The molecule has 0 radical (unpaired) electrons. The zero-order valence-corrected chi connectivity index (χ0v) is 14.6. The molecular formula is C17H21N3O2S. The van der Waals surface area contributed by atoms with Crippen LogP contribution in [0.1, 0.15) is 29.3 Å². The Morgan fingerprint density at radius 3 is 2.70 bits per heavy atom. The van der Waals surface area contributed by atoms with Crippen LogP contribution in [0, 0.1) is 20.8 Å². The fourth-order valence-electron chi connectivity index (χ4n) is 2.26. The van der Waals surface area contributed by atoms with Crippen molar-refractivity contribution in [3.63, 3.8) is 0 Å². The van der Waals surface area contributed by atoms with E-state index in [2.05, 4.69) is 15.3 Å². The first-order valence-corrected chi connectivity index (χ1v) is 8.49. The van der Waals surface area contributed by atoms with Crippen molar-refractivity contribution in [2.45, 2.75) is 39.3 Å². The summed E-state index contributed by atoms with van der Waals surface area (Å²) in [4.78, 5) is 31.1. The van der Waals surface area contributed by atoms with Crippen LogP contribution in [0.15, 0.2) is 28.2 Å². The van der Waals surface area contributed by atoms with Crippen LogP contribution in [-0.4, -0.2) is 21.6 Å². The van der Waals surface area contributed by atoms with E-state index in [0.29, 0.717) is 22.8 Å². The molecular weight excluding hydrogens is 310 g/mol. The molecule has 0 aliphatic rings. The van der Waals surface area contributed by atoms with Crippen LogP contribution in [0.2, 0.25) is 0 Å². The number of hydrogen-bond acceptors (Lipinski definition) is 4. The second-order valence-electron chi connectivity index (χ2n) is 5.44. The van der Waals surface area contributed by atoms with Crippen LogP contribution in [0.4, 0.5) is 5.69 Å². The van der Waals surface area contributed by atoms with E-state index in [1.54, 1.807) is 0 Å². The number of rotatable bonds is 5. The summed E-state index contributed by atoms with van der Waals surface area (Å²) in [5.41, 5.74) is 4.20. The lowest BCUT2D eigenvalue weighted by Crippen LogP contribution is -2.18. The number of thioether (sulfide) groups is 1.